The van der Waals surface area contributed by atoms with E-state index >= 15 is 0 Å². The van der Waals surface area contributed by atoms with Crippen molar-refractivity contribution < 1.29 is 9.53 Å². The van der Waals surface area contributed by atoms with Gasteiger partial charge in [-0.05, 0) is 23.6 Å². The fourth-order valence-corrected chi connectivity index (χ4v) is 2.37. The number of amides is 1. The fraction of sp³-hybridized carbons (Fsp3) is 0.118. The molecule has 1 aromatic carbocycles. The molecular formula is C17H15N3O3. The number of pyridine rings is 2. The lowest BCUT2D eigenvalue weighted by Crippen LogP contribution is -2.28. The van der Waals surface area contributed by atoms with E-state index in [1.807, 2.05) is 24.3 Å². The zero-order valence-electron chi connectivity index (χ0n) is 12.7. The summed E-state index contributed by atoms with van der Waals surface area (Å²) in [4.78, 5) is 28.9. The van der Waals surface area contributed by atoms with Gasteiger partial charge in [0.2, 0.25) is 5.88 Å². The van der Waals surface area contributed by atoms with Crippen molar-refractivity contribution in [1.82, 2.24) is 9.55 Å². The maximum atomic E-state index is 12.4. The van der Waals surface area contributed by atoms with Gasteiger partial charge in [0.1, 0.15) is 11.4 Å². The van der Waals surface area contributed by atoms with E-state index in [2.05, 4.69) is 10.3 Å². The SMILES string of the molecule is COc1cccc(NC(=O)c2cc3ccccc3n(C)c2=O)n1. The van der Waals surface area contributed by atoms with Crippen molar-refractivity contribution in [3.8, 4) is 5.88 Å². The van der Waals surface area contributed by atoms with Crippen LogP contribution in [0.2, 0.25) is 0 Å². The zero-order valence-corrected chi connectivity index (χ0v) is 12.7. The first kappa shape index (κ1) is 14.8. The summed E-state index contributed by atoms with van der Waals surface area (Å²) < 4.78 is 6.48. The van der Waals surface area contributed by atoms with Gasteiger partial charge < -0.3 is 14.6 Å². The molecule has 6 heteroatoms. The van der Waals surface area contributed by atoms with Gasteiger partial charge in [0.05, 0.1) is 12.6 Å². The average Bonchev–Trinajstić information content (AvgIpc) is 2.58. The van der Waals surface area contributed by atoms with Crippen molar-refractivity contribution in [2.45, 2.75) is 0 Å². The second kappa shape index (κ2) is 5.92. The number of hydrogen-bond donors (Lipinski definition) is 1. The number of ether oxygens (including phenoxy) is 1. The maximum Gasteiger partial charge on any atom is 0.263 e. The van der Waals surface area contributed by atoms with Crippen molar-refractivity contribution >= 4 is 22.6 Å². The van der Waals surface area contributed by atoms with E-state index in [1.165, 1.54) is 11.7 Å². The summed E-state index contributed by atoms with van der Waals surface area (Å²) in [7, 11) is 3.14. The van der Waals surface area contributed by atoms with Crippen LogP contribution < -0.4 is 15.6 Å². The summed E-state index contributed by atoms with van der Waals surface area (Å²) in [6.45, 7) is 0. The smallest absolute Gasteiger partial charge is 0.263 e. The minimum Gasteiger partial charge on any atom is -0.481 e. The molecule has 0 radical (unpaired) electrons. The van der Waals surface area contributed by atoms with Gasteiger partial charge in [-0.25, -0.2) is 0 Å². The van der Waals surface area contributed by atoms with Crippen LogP contribution in [0.4, 0.5) is 5.82 Å². The van der Waals surface area contributed by atoms with Gasteiger partial charge in [-0.1, -0.05) is 24.3 Å². The Morgan fingerprint density at radius 1 is 1.17 bits per heavy atom. The summed E-state index contributed by atoms with van der Waals surface area (Å²) >= 11 is 0. The molecule has 1 N–H and O–H groups in total. The van der Waals surface area contributed by atoms with Gasteiger partial charge in [-0.15, -0.1) is 0 Å². The van der Waals surface area contributed by atoms with Crippen LogP contribution in [-0.2, 0) is 7.05 Å². The van der Waals surface area contributed by atoms with Crippen LogP contribution in [0.15, 0.2) is 53.3 Å². The van der Waals surface area contributed by atoms with Gasteiger partial charge >= 0.3 is 0 Å². The molecule has 6 nitrogen and oxygen atoms in total. The Morgan fingerprint density at radius 2 is 1.96 bits per heavy atom. The molecule has 0 aliphatic rings. The van der Waals surface area contributed by atoms with E-state index in [1.54, 1.807) is 31.3 Å². The van der Waals surface area contributed by atoms with Crippen LogP contribution in [0.25, 0.3) is 10.9 Å². The molecule has 116 valence electrons. The highest BCUT2D eigenvalue weighted by Crippen LogP contribution is 2.14. The molecule has 3 aromatic rings. The van der Waals surface area contributed by atoms with Crippen molar-refractivity contribution in [3.05, 3.63) is 64.4 Å². The van der Waals surface area contributed by atoms with Gasteiger partial charge in [-0.2, -0.15) is 4.98 Å². The van der Waals surface area contributed by atoms with E-state index in [9.17, 15) is 9.59 Å². The second-order valence-corrected chi connectivity index (χ2v) is 5.00. The van der Waals surface area contributed by atoms with Crippen LogP contribution in [0, 0.1) is 0 Å². The summed E-state index contributed by atoms with van der Waals surface area (Å²) in [5, 5.41) is 3.44. The average molecular weight is 309 g/mol. The van der Waals surface area contributed by atoms with E-state index < -0.39 is 5.91 Å². The van der Waals surface area contributed by atoms with E-state index in [0.717, 1.165) is 10.9 Å². The van der Waals surface area contributed by atoms with Crippen LogP contribution in [0.1, 0.15) is 10.4 Å². The van der Waals surface area contributed by atoms with Crippen molar-refractivity contribution in [1.29, 1.82) is 0 Å². The number of methoxy groups -OCH3 is 1. The highest BCUT2D eigenvalue weighted by molar-refractivity contribution is 6.05. The molecule has 0 saturated carbocycles. The van der Waals surface area contributed by atoms with Crippen molar-refractivity contribution in [2.24, 2.45) is 7.05 Å². The molecule has 0 aliphatic carbocycles. The molecule has 0 unspecified atom stereocenters. The lowest BCUT2D eigenvalue weighted by Gasteiger charge is -2.09. The summed E-state index contributed by atoms with van der Waals surface area (Å²) in [6.07, 6.45) is 0. The van der Waals surface area contributed by atoms with Gasteiger partial charge in [0, 0.05) is 13.1 Å². The van der Waals surface area contributed by atoms with Gasteiger partial charge in [-0.3, -0.25) is 9.59 Å². The molecule has 0 bridgehead atoms. The second-order valence-electron chi connectivity index (χ2n) is 5.00. The normalized spacial score (nSPS) is 10.5. The third-order valence-electron chi connectivity index (χ3n) is 3.55. The molecule has 3 rings (SSSR count). The van der Waals surface area contributed by atoms with Crippen molar-refractivity contribution in [2.75, 3.05) is 12.4 Å². The maximum absolute atomic E-state index is 12.4. The zero-order chi connectivity index (χ0) is 16.4. The monoisotopic (exact) mass is 309 g/mol. The first-order valence-corrected chi connectivity index (χ1v) is 7.01. The van der Waals surface area contributed by atoms with Crippen molar-refractivity contribution in [3.63, 3.8) is 0 Å². The summed E-state index contributed by atoms with van der Waals surface area (Å²) in [6, 6.07) is 14.0. The minimum atomic E-state index is -0.503. The molecule has 1 amide bonds. The van der Waals surface area contributed by atoms with Crippen LogP contribution in [0.5, 0.6) is 5.88 Å². The molecule has 0 fully saturated rings. The number of para-hydroxylation sites is 1. The first-order valence-electron chi connectivity index (χ1n) is 7.01. The number of fused-ring (bicyclic) bond motifs is 1. The minimum absolute atomic E-state index is 0.0656. The van der Waals surface area contributed by atoms with Crippen LogP contribution in [-0.4, -0.2) is 22.6 Å². The molecule has 23 heavy (non-hydrogen) atoms. The number of aryl methyl sites for hydroxylation is 1. The Morgan fingerprint density at radius 3 is 2.74 bits per heavy atom. The van der Waals surface area contributed by atoms with Gasteiger partial charge in [0.15, 0.2) is 0 Å². The number of anilines is 1. The molecule has 0 aliphatic heterocycles. The quantitative estimate of drug-likeness (QED) is 0.805. The Bertz CT molecular complexity index is 947. The molecule has 0 saturated heterocycles. The summed E-state index contributed by atoms with van der Waals surface area (Å²) in [5.74, 6) is 0.205. The molecule has 2 aromatic heterocycles. The Hall–Kier alpha value is -3.15. The predicted molar refractivity (Wildman–Crippen MR) is 87.9 cm³/mol. The number of carbonyl (C=O) groups excluding carboxylic acids is 1. The number of nitrogens with zero attached hydrogens (tertiary/aromatic N) is 2. The fourth-order valence-electron chi connectivity index (χ4n) is 2.37. The Kier molecular flexibility index (Phi) is 3.80. The highest BCUT2D eigenvalue weighted by Gasteiger charge is 2.15. The third-order valence-corrected chi connectivity index (χ3v) is 3.55. The standard InChI is InChI=1S/C17H15N3O3/c1-20-13-7-4-3-6-11(13)10-12(17(20)22)16(21)19-14-8-5-9-15(18-14)23-2/h3-10H,1-2H3,(H,18,19,21). The van der Waals surface area contributed by atoms with Gasteiger partial charge in [0.25, 0.3) is 11.5 Å². The first-order chi connectivity index (χ1) is 11.1. The van der Waals surface area contributed by atoms with Crippen LogP contribution in [0.3, 0.4) is 0 Å². The largest absolute Gasteiger partial charge is 0.481 e. The third kappa shape index (κ3) is 2.78. The molecule has 2 heterocycles. The predicted octanol–water partition coefficient (Wildman–Crippen LogP) is 2.19. The number of carbonyl (C=O) groups is 1. The number of benzene rings is 1. The van der Waals surface area contributed by atoms with Crippen LogP contribution >= 0.6 is 0 Å². The number of nitrogens with one attached hydrogen (secondary N) is 1. The lowest BCUT2D eigenvalue weighted by atomic mass is 10.1. The topological polar surface area (TPSA) is 73.2 Å². The Balaban J connectivity index is 2.00. The van der Waals surface area contributed by atoms with E-state index in [4.69, 9.17) is 4.74 Å². The number of hydrogen-bond acceptors (Lipinski definition) is 4. The van der Waals surface area contributed by atoms with E-state index in [-0.39, 0.29) is 11.1 Å². The Labute approximate surface area is 132 Å². The molecule has 0 spiro atoms. The summed E-state index contributed by atoms with van der Waals surface area (Å²) in [5.41, 5.74) is 0.480. The lowest BCUT2D eigenvalue weighted by molar-refractivity contribution is 0.102. The highest BCUT2D eigenvalue weighted by atomic mass is 16.5. The molecular weight excluding hydrogens is 294 g/mol. The molecule has 0 atom stereocenters. The number of aromatic nitrogens is 2. The van der Waals surface area contributed by atoms with E-state index in [0.29, 0.717) is 11.7 Å². The number of rotatable bonds is 3.